The predicted octanol–water partition coefficient (Wildman–Crippen LogP) is 2.00. The first-order chi connectivity index (χ1) is 5.56. The van der Waals surface area contributed by atoms with E-state index in [-0.39, 0.29) is 5.56 Å². The monoisotopic (exact) mass is 172 g/mol. The molecule has 1 aromatic carbocycles. The third-order valence-electron chi connectivity index (χ3n) is 1.72. The van der Waals surface area contributed by atoms with Crippen molar-refractivity contribution in [3.63, 3.8) is 0 Å². The molecule has 66 valence electrons. The third kappa shape index (κ3) is 1.80. The molecule has 1 aromatic rings. The minimum Gasteiger partial charge on any atom is -0.393 e. The van der Waals surface area contributed by atoms with E-state index in [4.69, 9.17) is 5.11 Å². The minimum absolute atomic E-state index is 0.157. The van der Waals surface area contributed by atoms with Crippen LogP contribution in [0.25, 0.3) is 0 Å². The van der Waals surface area contributed by atoms with Crippen LogP contribution in [0.1, 0.15) is 12.5 Å². The maximum atomic E-state index is 13.3. The molecule has 0 aliphatic rings. The zero-order valence-corrected chi connectivity index (χ0v) is 6.72. The maximum Gasteiger partial charge on any atom is 0.156 e. The molecule has 0 fully saturated rings. The lowest BCUT2D eigenvalue weighted by Gasteiger charge is -2.17. The summed E-state index contributed by atoms with van der Waals surface area (Å²) in [6.07, 6.45) is 0. The van der Waals surface area contributed by atoms with E-state index in [2.05, 4.69) is 0 Å². The van der Waals surface area contributed by atoms with Crippen molar-refractivity contribution in [2.45, 2.75) is 12.6 Å². The maximum absolute atomic E-state index is 13.3. The smallest absolute Gasteiger partial charge is 0.156 e. The average molecular weight is 172 g/mol. The van der Waals surface area contributed by atoms with Gasteiger partial charge >= 0.3 is 0 Å². The van der Waals surface area contributed by atoms with Crippen molar-refractivity contribution >= 4 is 0 Å². The molecule has 3 heteroatoms. The molecule has 0 heterocycles. The summed E-state index contributed by atoms with van der Waals surface area (Å²) >= 11 is 0. The van der Waals surface area contributed by atoms with Gasteiger partial charge in [0, 0.05) is 0 Å². The number of alkyl halides is 1. The fourth-order valence-electron chi connectivity index (χ4n) is 0.904. The van der Waals surface area contributed by atoms with Gasteiger partial charge in [0.15, 0.2) is 5.67 Å². The Kier molecular flexibility index (Phi) is 2.43. The average Bonchev–Trinajstić information content (AvgIpc) is 2.05. The van der Waals surface area contributed by atoms with E-state index in [9.17, 15) is 8.78 Å². The molecular weight excluding hydrogens is 162 g/mol. The van der Waals surface area contributed by atoms with Crippen molar-refractivity contribution in [2.24, 2.45) is 0 Å². The number of hydrogen-bond acceptors (Lipinski definition) is 1. The summed E-state index contributed by atoms with van der Waals surface area (Å²) in [5.41, 5.74) is -1.70. The summed E-state index contributed by atoms with van der Waals surface area (Å²) in [6.45, 7) is 0.568. The lowest BCUT2D eigenvalue weighted by atomic mass is 9.99. The molecule has 0 radical (unpaired) electrons. The SMILES string of the molecule is CC(F)(CO)c1cccc(F)c1. The fourth-order valence-corrected chi connectivity index (χ4v) is 0.904. The summed E-state index contributed by atoms with van der Waals surface area (Å²) in [5.74, 6) is -0.496. The van der Waals surface area contributed by atoms with Gasteiger partial charge < -0.3 is 5.11 Å². The zero-order valence-electron chi connectivity index (χ0n) is 6.72. The second kappa shape index (κ2) is 3.19. The Labute approximate surface area is 69.7 Å². The van der Waals surface area contributed by atoms with E-state index in [0.717, 1.165) is 6.07 Å². The molecule has 0 saturated heterocycles. The van der Waals surface area contributed by atoms with Crippen LogP contribution in [0.15, 0.2) is 24.3 Å². The number of halogens is 2. The highest BCUT2D eigenvalue weighted by Crippen LogP contribution is 2.24. The second-order valence-corrected chi connectivity index (χ2v) is 2.87. The highest BCUT2D eigenvalue weighted by Gasteiger charge is 2.24. The first-order valence-corrected chi connectivity index (χ1v) is 3.62. The Balaban J connectivity index is 3.03. The topological polar surface area (TPSA) is 20.2 Å². The molecule has 1 N–H and O–H groups in total. The Hall–Kier alpha value is -0.960. The second-order valence-electron chi connectivity index (χ2n) is 2.87. The van der Waals surface area contributed by atoms with E-state index < -0.39 is 18.1 Å². The molecule has 1 rings (SSSR count). The van der Waals surface area contributed by atoms with Crippen molar-refractivity contribution in [1.29, 1.82) is 0 Å². The summed E-state index contributed by atoms with van der Waals surface area (Å²) in [7, 11) is 0. The van der Waals surface area contributed by atoms with E-state index in [1.807, 2.05) is 0 Å². The molecule has 0 bridgehead atoms. The Bertz CT molecular complexity index is 271. The molecule has 12 heavy (non-hydrogen) atoms. The summed E-state index contributed by atoms with van der Waals surface area (Å²) in [6, 6.07) is 5.17. The normalized spacial score (nSPS) is 15.7. The van der Waals surface area contributed by atoms with Crippen molar-refractivity contribution in [3.05, 3.63) is 35.6 Å². The molecule has 1 unspecified atom stereocenters. The van der Waals surface area contributed by atoms with Gasteiger partial charge in [-0.15, -0.1) is 0 Å². The van der Waals surface area contributed by atoms with Crippen LogP contribution in [-0.4, -0.2) is 11.7 Å². The van der Waals surface area contributed by atoms with E-state index in [1.165, 1.54) is 25.1 Å². The van der Waals surface area contributed by atoms with Gasteiger partial charge in [-0.3, -0.25) is 0 Å². The van der Waals surface area contributed by atoms with Gasteiger partial charge in [-0.05, 0) is 24.6 Å². The molecule has 0 aromatic heterocycles. The van der Waals surface area contributed by atoms with Crippen LogP contribution in [0.3, 0.4) is 0 Å². The van der Waals surface area contributed by atoms with Crippen LogP contribution in [0.2, 0.25) is 0 Å². The first-order valence-electron chi connectivity index (χ1n) is 3.62. The van der Waals surface area contributed by atoms with Gasteiger partial charge in [0.1, 0.15) is 5.82 Å². The van der Waals surface area contributed by atoms with Crippen molar-refractivity contribution in [3.8, 4) is 0 Å². The van der Waals surface area contributed by atoms with E-state index >= 15 is 0 Å². The number of aliphatic hydroxyl groups excluding tert-OH is 1. The first kappa shape index (κ1) is 9.13. The predicted molar refractivity (Wildman–Crippen MR) is 41.9 cm³/mol. The van der Waals surface area contributed by atoms with Crippen LogP contribution in [0.4, 0.5) is 8.78 Å². The zero-order chi connectivity index (χ0) is 9.19. The van der Waals surface area contributed by atoms with Crippen LogP contribution >= 0.6 is 0 Å². The van der Waals surface area contributed by atoms with Crippen LogP contribution < -0.4 is 0 Å². The molecule has 0 amide bonds. The lowest BCUT2D eigenvalue weighted by molar-refractivity contribution is 0.0865. The Morgan fingerprint density at radius 1 is 1.50 bits per heavy atom. The van der Waals surface area contributed by atoms with Crippen LogP contribution in [0.5, 0.6) is 0 Å². The largest absolute Gasteiger partial charge is 0.393 e. The van der Waals surface area contributed by atoms with Crippen LogP contribution in [0, 0.1) is 5.82 Å². The summed E-state index contributed by atoms with van der Waals surface area (Å²) in [4.78, 5) is 0. The molecule has 0 spiro atoms. The highest BCUT2D eigenvalue weighted by molar-refractivity contribution is 5.22. The standard InChI is InChI=1S/C9H10F2O/c1-9(11,6-12)7-3-2-4-8(10)5-7/h2-5,12H,6H2,1H3. The van der Waals surface area contributed by atoms with Crippen molar-refractivity contribution in [2.75, 3.05) is 6.61 Å². The number of hydrogen-bond donors (Lipinski definition) is 1. The van der Waals surface area contributed by atoms with Gasteiger partial charge in [-0.2, -0.15) is 0 Å². The number of aliphatic hydroxyl groups is 1. The van der Waals surface area contributed by atoms with E-state index in [0.29, 0.717) is 0 Å². The van der Waals surface area contributed by atoms with Crippen molar-refractivity contribution in [1.82, 2.24) is 0 Å². The molecule has 0 saturated carbocycles. The van der Waals surface area contributed by atoms with Crippen LogP contribution in [-0.2, 0) is 5.67 Å². The third-order valence-corrected chi connectivity index (χ3v) is 1.72. The van der Waals surface area contributed by atoms with E-state index in [1.54, 1.807) is 0 Å². The number of rotatable bonds is 2. The molecular formula is C9H10F2O. The quantitative estimate of drug-likeness (QED) is 0.723. The summed E-state index contributed by atoms with van der Waals surface area (Å²) < 4.78 is 25.9. The van der Waals surface area contributed by atoms with Gasteiger partial charge in [0.05, 0.1) is 6.61 Å². The Morgan fingerprint density at radius 2 is 2.17 bits per heavy atom. The Morgan fingerprint density at radius 3 is 2.67 bits per heavy atom. The van der Waals surface area contributed by atoms with Crippen molar-refractivity contribution < 1.29 is 13.9 Å². The minimum atomic E-state index is -1.86. The summed E-state index contributed by atoms with van der Waals surface area (Å²) in [5, 5.41) is 8.64. The molecule has 0 aliphatic carbocycles. The molecule has 0 aliphatic heterocycles. The molecule has 1 atom stereocenters. The molecule has 1 nitrogen and oxygen atoms in total. The highest BCUT2D eigenvalue weighted by atomic mass is 19.1. The van der Waals surface area contributed by atoms with Gasteiger partial charge in [0.25, 0.3) is 0 Å². The van der Waals surface area contributed by atoms with Gasteiger partial charge in [0.2, 0.25) is 0 Å². The fraction of sp³-hybridized carbons (Fsp3) is 0.333. The van der Waals surface area contributed by atoms with Gasteiger partial charge in [-0.1, -0.05) is 12.1 Å². The van der Waals surface area contributed by atoms with Gasteiger partial charge in [-0.25, -0.2) is 8.78 Å². The number of benzene rings is 1. The lowest BCUT2D eigenvalue weighted by Crippen LogP contribution is -2.20.